The van der Waals surface area contributed by atoms with Crippen LogP contribution in [0.25, 0.3) is 0 Å². The summed E-state index contributed by atoms with van der Waals surface area (Å²) in [7, 11) is 1.57. The molecule has 3 amide bonds. The molecule has 4 aromatic rings. The van der Waals surface area contributed by atoms with Crippen LogP contribution < -0.4 is 24.6 Å². The number of amides is 3. The van der Waals surface area contributed by atoms with E-state index in [1.807, 2.05) is 6.07 Å². The lowest BCUT2D eigenvalue weighted by Crippen LogP contribution is -2.42. The zero-order chi connectivity index (χ0) is 32.6. The highest BCUT2D eigenvalue weighted by Gasteiger charge is 2.69. The maximum absolute atomic E-state index is 14.1. The van der Waals surface area contributed by atoms with Crippen LogP contribution in [0.2, 0.25) is 10.0 Å². The van der Waals surface area contributed by atoms with Crippen LogP contribution in [-0.2, 0) is 14.4 Å². The molecule has 0 radical (unpaired) electrons. The predicted octanol–water partition coefficient (Wildman–Crippen LogP) is 6.45. The van der Waals surface area contributed by atoms with Crippen molar-refractivity contribution in [1.29, 1.82) is 0 Å². The van der Waals surface area contributed by atoms with Gasteiger partial charge in [-0.05, 0) is 90.9 Å². The van der Waals surface area contributed by atoms with E-state index in [-0.39, 0.29) is 58.1 Å². The van der Waals surface area contributed by atoms with Gasteiger partial charge in [-0.2, -0.15) is 0 Å². The molecule has 13 heteroatoms. The maximum Gasteiger partial charge on any atom is 0.305 e. The number of anilines is 2. The van der Waals surface area contributed by atoms with Gasteiger partial charge in [-0.3, -0.25) is 24.1 Å². The van der Waals surface area contributed by atoms with Gasteiger partial charge in [0.05, 0.1) is 29.7 Å². The second-order valence-electron chi connectivity index (χ2n) is 12.2. The van der Waals surface area contributed by atoms with E-state index < -0.39 is 11.8 Å². The molecule has 3 heterocycles. The van der Waals surface area contributed by atoms with Gasteiger partial charge in [0.25, 0.3) is 5.91 Å². The summed E-state index contributed by atoms with van der Waals surface area (Å²) in [5, 5.41) is 4.60. The van der Waals surface area contributed by atoms with Gasteiger partial charge in [0, 0.05) is 37.3 Å². The van der Waals surface area contributed by atoms with Crippen molar-refractivity contribution in [2.24, 2.45) is 29.6 Å². The van der Waals surface area contributed by atoms with Gasteiger partial charge in [-0.15, -0.1) is 11.8 Å². The summed E-state index contributed by atoms with van der Waals surface area (Å²) < 4.78 is 11.4. The number of rotatable bonds is 7. The molecule has 4 aliphatic rings. The number of nitrogens with one attached hydrogen (secondary N) is 2. The molecule has 2 aliphatic carbocycles. The first kappa shape index (κ1) is 30.6. The first-order chi connectivity index (χ1) is 22.7. The average Bonchev–Trinajstić information content (AvgIpc) is 3.80. The summed E-state index contributed by atoms with van der Waals surface area (Å²) in [6.45, 7) is -0.260. The lowest BCUT2D eigenvalue weighted by molar-refractivity contribution is -0.123. The van der Waals surface area contributed by atoms with Crippen molar-refractivity contribution in [3.8, 4) is 11.5 Å². The van der Waals surface area contributed by atoms with Crippen molar-refractivity contribution < 1.29 is 23.9 Å². The number of benzene rings is 3. The summed E-state index contributed by atoms with van der Waals surface area (Å²) in [6.07, 6.45) is 0.738. The number of H-pyrrole nitrogens is 1. The Morgan fingerprint density at radius 1 is 0.957 bits per heavy atom. The highest BCUT2D eigenvalue weighted by Crippen LogP contribution is 2.69. The average molecular weight is 709 g/mol. The number of imide groups is 1. The van der Waals surface area contributed by atoms with E-state index in [1.54, 1.807) is 79.5 Å². The molecule has 8 rings (SSSR count). The number of carbonyl (C=O) groups excluding carboxylic acids is 3. The van der Waals surface area contributed by atoms with E-state index >= 15 is 0 Å². The number of hydrogen-bond acceptors (Lipinski definition) is 8. The first-order valence-corrected chi connectivity index (χ1v) is 17.6. The zero-order valence-corrected chi connectivity index (χ0v) is 27.9. The lowest BCUT2D eigenvalue weighted by atomic mass is 9.68. The molecule has 2 saturated carbocycles. The Labute approximate surface area is 287 Å². The Hall–Kier alpha value is -3.77. The molecule has 1 saturated heterocycles. The minimum absolute atomic E-state index is 0.0170. The molecule has 240 valence electrons. The number of fused-ring (bicyclic) bond motifs is 9. The fraction of sp³-hybridized carbons (Fsp3) is 0.294. The van der Waals surface area contributed by atoms with Crippen LogP contribution in [0.3, 0.4) is 0 Å². The second-order valence-corrected chi connectivity index (χ2v) is 15.3. The van der Waals surface area contributed by atoms with Crippen LogP contribution in [0.5, 0.6) is 11.5 Å². The van der Waals surface area contributed by atoms with E-state index in [0.717, 1.165) is 33.2 Å². The predicted molar refractivity (Wildman–Crippen MR) is 181 cm³/mol. The molecule has 3 fully saturated rings. The molecule has 3 aromatic carbocycles. The van der Waals surface area contributed by atoms with Crippen molar-refractivity contribution in [2.75, 3.05) is 23.9 Å². The van der Waals surface area contributed by atoms with E-state index in [0.29, 0.717) is 32.9 Å². The number of aromatic nitrogens is 1. The molecular weight excluding hydrogens is 681 g/mol. The Kier molecular flexibility index (Phi) is 7.63. The molecular formula is C34H27Cl2N3O6S2. The SMILES string of the molecule is COc1ccc(N2C(=O)C3C(C2=O)[C@@H]2C[C@H]3C3Sc4[nH]c(=O)sc4[C@H](c4cc(Cl)ccc4OCC(=O)Nc4ccc(Cl)cc4)C32)cc1. The Morgan fingerprint density at radius 3 is 2.38 bits per heavy atom. The minimum atomic E-state index is -0.468. The Bertz CT molecular complexity index is 1980. The Morgan fingerprint density at radius 2 is 1.66 bits per heavy atom. The number of halogens is 2. The largest absolute Gasteiger partial charge is 0.497 e. The third kappa shape index (κ3) is 5.06. The van der Waals surface area contributed by atoms with E-state index in [9.17, 15) is 19.2 Å². The molecule has 4 unspecified atom stereocenters. The molecule has 0 spiro atoms. The molecule has 2 aliphatic heterocycles. The number of aromatic amines is 1. The third-order valence-corrected chi connectivity index (χ3v) is 12.9. The number of nitrogens with zero attached hydrogens (tertiary/aromatic N) is 1. The van der Waals surface area contributed by atoms with Gasteiger partial charge in [0.15, 0.2) is 6.61 Å². The van der Waals surface area contributed by atoms with Crippen LogP contribution in [-0.4, -0.2) is 41.7 Å². The van der Waals surface area contributed by atoms with E-state index in [4.69, 9.17) is 32.7 Å². The van der Waals surface area contributed by atoms with Crippen molar-refractivity contribution in [3.63, 3.8) is 0 Å². The summed E-state index contributed by atoms with van der Waals surface area (Å²) in [5.74, 6) is -1.04. The van der Waals surface area contributed by atoms with E-state index in [2.05, 4.69) is 10.3 Å². The first-order valence-electron chi connectivity index (χ1n) is 15.1. The Balaban J connectivity index is 1.13. The number of ether oxygens (including phenoxy) is 2. The van der Waals surface area contributed by atoms with Crippen molar-refractivity contribution in [1.82, 2.24) is 4.98 Å². The minimum Gasteiger partial charge on any atom is -0.497 e. The quantitative estimate of drug-likeness (QED) is 0.212. The summed E-state index contributed by atoms with van der Waals surface area (Å²) >= 11 is 15.3. The van der Waals surface area contributed by atoms with Gasteiger partial charge in [-0.1, -0.05) is 34.5 Å². The molecule has 47 heavy (non-hydrogen) atoms. The van der Waals surface area contributed by atoms with Gasteiger partial charge in [0.2, 0.25) is 11.8 Å². The third-order valence-electron chi connectivity index (χ3n) is 9.85. The van der Waals surface area contributed by atoms with Crippen molar-refractivity contribution in [3.05, 3.63) is 96.9 Å². The van der Waals surface area contributed by atoms with Gasteiger partial charge in [0.1, 0.15) is 11.5 Å². The molecule has 1 aromatic heterocycles. The van der Waals surface area contributed by atoms with Gasteiger partial charge >= 0.3 is 4.87 Å². The standard InChI is InChI=1S/C34H27Cl2N3O6S2/c1-44-19-9-7-18(8-10-19)39-32(41)27-21-13-22(28(27)33(39)42)29-26(21)25(30-31(46-29)38-34(43)47-30)20-12-16(36)4-11-23(20)45-14-24(40)37-17-5-2-15(35)3-6-17/h2-12,21-22,25-29H,13-14H2,1H3,(H,37,40)(H,38,43)/t21-,22-,25-,26?,27?,28?,29?/m1/s1. The van der Waals surface area contributed by atoms with Gasteiger partial charge < -0.3 is 19.8 Å². The van der Waals surface area contributed by atoms with Crippen LogP contribution in [0.4, 0.5) is 11.4 Å². The lowest BCUT2D eigenvalue weighted by Gasteiger charge is -2.43. The van der Waals surface area contributed by atoms with Crippen LogP contribution in [0.1, 0.15) is 22.8 Å². The van der Waals surface area contributed by atoms with Crippen LogP contribution >= 0.6 is 46.3 Å². The summed E-state index contributed by atoms with van der Waals surface area (Å²) in [4.78, 5) is 58.7. The number of thiazole rings is 1. The molecule has 7 atom stereocenters. The number of thioether (sulfide) groups is 1. The van der Waals surface area contributed by atoms with Gasteiger partial charge in [-0.25, -0.2) is 0 Å². The van der Waals surface area contributed by atoms with Crippen molar-refractivity contribution in [2.45, 2.75) is 22.6 Å². The smallest absolute Gasteiger partial charge is 0.305 e. The fourth-order valence-corrected chi connectivity index (χ4v) is 11.3. The van der Waals surface area contributed by atoms with Crippen LogP contribution in [0.15, 0.2) is 76.6 Å². The molecule has 9 nitrogen and oxygen atoms in total. The number of carbonyl (C=O) groups is 3. The molecule has 2 bridgehead atoms. The maximum atomic E-state index is 14.1. The fourth-order valence-electron chi connectivity index (χ4n) is 8.12. The molecule has 2 N–H and O–H groups in total. The second kappa shape index (κ2) is 11.7. The van der Waals surface area contributed by atoms with Crippen molar-refractivity contribution >= 4 is 75.4 Å². The van der Waals surface area contributed by atoms with Crippen LogP contribution in [0, 0.1) is 29.6 Å². The highest BCUT2D eigenvalue weighted by atomic mass is 35.5. The number of hydrogen-bond donors (Lipinski definition) is 2. The summed E-state index contributed by atoms with van der Waals surface area (Å²) in [6, 6.07) is 19.0. The topological polar surface area (TPSA) is 118 Å². The summed E-state index contributed by atoms with van der Waals surface area (Å²) in [5.41, 5.74) is 1.87. The monoisotopic (exact) mass is 707 g/mol. The number of methoxy groups -OCH3 is 1. The van der Waals surface area contributed by atoms with E-state index in [1.165, 1.54) is 4.90 Å². The highest BCUT2D eigenvalue weighted by molar-refractivity contribution is 8.00. The zero-order valence-electron chi connectivity index (χ0n) is 24.8. The normalized spacial score (nSPS) is 27.0.